The van der Waals surface area contributed by atoms with E-state index < -0.39 is 0 Å². The van der Waals surface area contributed by atoms with Crippen molar-refractivity contribution in [3.8, 4) is 0 Å². The zero-order valence-corrected chi connectivity index (χ0v) is 8.66. The molecule has 0 saturated heterocycles. The van der Waals surface area contributed by atoms with Crippen LogP contribution in [-0.2, 0) is 12.8 Å². The lowest BCUT2D eigenvalue weighted by Crippen LogP contribution is -2.30. The topological polar surface area (TPSA) is 12.0 Å². The Bertz CT molecular complexity index is 328. The second kappa shape index (κ2) is 4.32. The third kappa shape index (κ3) is 1.98. The van der Waals surface area contributed by atoms with Crippen molar-refractivity contribution >= 4 is 0 Å². The number of nitrogens with one attached hydrogen (secondary N) is 1. The quantitative estimate of drug-likeness (QED) is 0.750. The summed E-state index contributed by atoms with van der Waals surface area (Å²) in [6.07, 6.45) is 7.74. The Morgan fingerprint density at radius 1 is 1.29 bits per heavy atom. The summed E-state index contributed by atoms with van der Waals surface area (Å²) in [4.78, 5) is 0. The van der Waals surface area contributed by atoms with Gasteiger partial charge in [0.25, 0.3) is 0 Å². The van der Waals surface area contributed by atoms with E-state index >= 15 is 0 Å². The van der Waals surface area contributed by atoms with E-state index in [-0.39, 0.29) is 0 Å². The summed E-state index contributed by atoms with van der Waals surface area (Å²) >= 11 is 0. The van der Waals surface area contributed by atoms with Gasteiger partial charge in [0.05, 0.1) is 0 Å². The first-order chi connectivity index (χ1) is 6.90. The first-order valence-electron chi connectivity index (χ1n) is 5.34. The Kier molecular flexibility index (Phi) is 2.87. The lowest BCUT2D eigenvalue weighted by molar-refractivity contribution is 0.513. The number of rotatable bonds is 2. The molecule has 0 fully saturated rings. The van der Waals surface area contributed by atoms with Crippen LogP contribution in [0.25, 0.3) is 0 Å². The van der Waals surface area contributed by atoms with Gasteiger partial charge in [-0.3, -0.25) is 0 Å². The van der Waals surface area contributed by atoms with Gasteiger partial charge in [-0.05, 0) is 43.5 Å². The Balaban J connectivity index is 2.06. The van der Waals surface area contributed by atoms with Gasteiger partial charge in [0.1, 0.15) is 0 Å². The Morgan fingerprint density at radius 2 is 2.07 bits per heavy atom. The molecule has 2 rings (SSSR count). The molecule has 14 heavy (non-hydrogen) atoms. The highest BCUT2D eigenvalue weighted by Gasteiger charge is 2.16. The van der Waals surface area contributed by atoms with E-state index in [0.29, 0.717) is 6.04 Å². The molecule has 0 heterocycles. The normalized spacial score (nSPS) is 20.8. The SMILES string of the molecule is C/C=C\NC1CCc2ccccc2C1. The number of hydrogen-bond acceptors (Lipinski definition) is 1. The molecular formula is C13H17N. The Morgan fingerprint density at radius 3 is 2.86 bits per heavy atom. The minimum atomic E-state index is 0.626. The van der Waals surface area contributed by atoms with Gasteiger partial charge in [0.15, 0.2) is 0 Å². The maximum atomic E-state index is 3.43. The maximum Gasteiger partial charge on any atom is 0.0299 e. The van der Waals surface area contributed by atoms with E-state index in [4.69, 9.17) is 0 Å². The first-order valence-corrected chi connectivity index (χ1v) is 5.34. The van der Waals surface area contributed by atoms with Crippen molar-refractivity contribution in [1.29, 1.82) is 0 Å². The van der Waals surface area contributed by atoms with E-state index in [1.54, 1.807) is 0 Å². The van der Waals surface area contributed by atoms with Crippen molar-refractivity contribution in [2.75, 3.05) is 0 Å². The van der Waals surface area contributed by atoms with E-state index in [1.807, 2.05) is 6.92 Å². The number of benzene rings is 1. The van der Waals surface area contributed by atoms with Crippen LogP contribution in [0.15, 0.2) is 36.5 Å². The van der Waals surface area contributed by atoms with Crippen LogP contribution in [-0.4, -0.2) is 6.04 Å². The van der Waals surface area contributed by atoms with Crippen molar-refractivity contribution in [1.82, 2.24) is 5.32 Å². The second-order valence-electron chi connectivity index (χ2n) is 3.88. The molecule has 0 radical (unpaired) electrons. The fourth-order valence-electron chi connectivity index (χ4n) is 2.07. The Labute approximate surface area is 85.8 Å². The molecule has 74 valence electrons. The van der Waals surface area contributed by atoms with Gasteiger partial charge >= 0.3 is 0 Å². The molecule has 1 nitrogen and oxygen atoms in total. The van der Waals surface area contributed by atoms with Gasteiger partial charge in [-0.15, -0.1) is 0 Å². The van der Waals surface area contributed by atoms with Crippen molar-refractivity contribution < 1.29 is 0 Å². The van der Waals surface area contributed by atoms with Gasteiger partial charge < -0.3 is 5.32 Å². The van der Waals surface area contributed by atoms with Crippen molar-refractivity contribution in [3.05, 3.63) is 47.7 Å². The highest BCUT2D eigenvalue weighted by atomic mass is 14.9. The number of hydrogen-bond donors (Lipinski definition) is 1. The summed E-state index contributed by atoms with van der Waals surface area (Å²) in [5.74, 6) is 0. The molecule has 1 aromatic rings. The molecule has 0 bridgehead atoms. The van der Waals surface area contributed by atoms with Crippen molar-refractivity contribution in [2.45, 2.75) is 32.2 Å². The van der Waals surface area contributed by atoms with E-state index in [2.05, 4.69) is 41.9 Å². The average molecular weight is 187 g/mol. The highest BCUT2D eigenvalue weighted by Crippen LogP contribution is 2.20. The summed E-state index contributed by atoms with van der Waals surface area (Å²) in [5.41, 5.74) is 3.05. The smallest absolute Gasteiger partial charge is 0.0299 e. The van der Waals surface area contributed by atoms with Gasteiger partial charge in [0.2, 0.25) is 0 Å². The lowest BCUT2D eigenvalue weighted by Gasteiger charge is -2.24. The summed E-state index contributed by atoms with van der Waals surface area (Å²) < 4.78 is 0. The lowest BCUT2D eigenvalue weighted by atomic mass is 9.88. The summed E-state index contributed by atoms with van der Waals surface area (Å²) in [5, 5.41) is 3.43. The molecule has 1 heteroatoms. The predicted molar refractivity (Wildman–Crippen MR) is 60.2 cm³/mol. The monoisotopic (exact) mass is 187 g/mol. The molecule has 1 atom stereocenters. The van der Waals surface area contributed by atoms with Crippen LogP contribution in [0.3, 0.4) is 0 Å². The van der Waals surface area contributed by atoms with Gasteiger partial charge in [-0.2, -0.15) is 0 Å². The number of aryl methyl sites for hydroxylation is 1. The number of allylic oxidation sites excluding steroid dienone is 1. The molecule has 1 unspecified atom stereocenters. The van der Waals surface area contributed by atoms with E-state index in [0.717, 1.165) is 0 Å². The summed E-state index contributed by atoms with van der Waals surface area (Å²) in [7, 11) is 0. The zero-order valence-electron chi connectivity index (χ0n) is 8.66. The molecule has 1 aliphatic carbocycles. The summed E-state index contributed by atoms with van der Waals surface area (Å²) in [6, 6.07) is 9.40. The van der Waals surface area contributed by atoms with Crippen molar-refractivity contribution in [3.63, 3.8) is 0 Å². The van der Waals surface area contributed by atoms with Gasteiger partial charge in [-0.25, -0.2) is 0 Å². The fourth-order valence-corrected chi connectivity index (χ4v) is 2.07. The second-order valence-corrected chi connectivity index (χ2v) is 3.88. The molecular weight excluding hydrogens is 170 g/mol. The third-order valence-corrected chi connectivity index (χ3v) is 2.85. The molecule has 0 spiro atoms. The number of fused-ring (bicyclic) bond motifs is 1. The van der Waals surface area contributed by atoms with Crippen LogP contribution in [0.5, 0.6) is 0 Å². The fraction of sp³-hybridized carbons (Fsp3) is 0.385. The average Bonchev–Trinajstić information content (AvgIpc) is 2.26. The van der Waals surface area contributed by atoms with Crippen LogP contribution in [0, 0.1) is 0 Å². The first kappa shape index (κ1) is 9.32. The minimum absolute atomic E-state index is 0.626. The van der Waals surface area contributed by atoms with Gasteiger partial charge in [-0.1, -0.05) is 30.3 Å². The van der Waals surface area contributed by atoms with Crippen molar-refractivity contribution in [2.24, 2.45) is 0 Å². The third-order valence-electron chi connectivity index (χ3n) is 2.85. The molecule has 1 aromatic carbocycles. The largest absolute Gasteiger partial charge is 0.388 e. The predicted octanol–water partition coefficient (Wildman–Crippen LogP) is 2.67. The summed E-state index contributed by atoms with van der Waals surface area (Å²) in [6.45, 7) is 2.05. The molecule has 0 amide bonds. The standard InChI is InChI=1S/C13H17N/c1-2-9-14-13-8-7-11-5-3-4-6-12(11)10-13/h2-6,9,13-14H,7-8,10H2,1H3/b9-2-. The molecule has 0 saturated carbocycles. The van der Waals surface area contributed by atoms with E-state index in [1.165, 1.54) is 30.4 Å². The maximum absolute atomic E-state index is 3.43. The zero-order chi connectivity index (χ0) is 9.80. The van der Waals surface area contributed by atoms with Crippen LogP contribution in [0.1, 0.15) is 24.5 Å². The molecule has 0 aromatic heterocycles. The molecule has 0 aliphatic heterocycles. The molecule has 1 N–H and O–H groups in total. The van der Waals surface area contributed by atoms with Crippen LogP contribution >= 0.6 is 0 Å². The highest BCUT2D eigenvalue weighted by molar-refractivity contribution is 5.30. The molecule has 1 aliphatic rings. The minimum Gasteiger partial charge on any atom is -0.388 e. The van der Waals surface area contributed by atoms with E-state index in [9.17, 15) is 0 Å². The van der Waals surface area contributed by atoms with Crippen LogP contribution in [0.4, 0.5) is 0 Å². The van der Waals surface area contributed by atoms with Gasteiger partial charge in [0, 0.05) is 6.04 Å². The Hall–Kier alpha value is -1.24. The van der Waals surface area contributed by atoms with Crippen LogP contribution < -0.4 is 5.32 Å². The van der Waals surface area contributed by atoms with Crippen LogP contribution in [0.2, 0.25) is 0 Å².